The van der Waals surface area contributed by atoms with Gasteiger partial charge in [0, 0.05) is 23.1 Å². The Hall–Kier alpha value is -3.33. The van der Waals surface area contributed by atoms with E-state index >= 15 is 0 Å². The lowest BCUT2D eigenvalue weighted by molar-refractivity contribution is -0.138. The average molecular weight is 399 g/mol. The van der Waals surface area contributed by atoms with Crippen LogP contribution in [0.25, 0.3) is 21.9 Å². The number of carbonyl (C=O) groups is 1. The summed E-state index contributed by atoms with van der Waals surface area (Å²) in [7, 11) is 0. The number of carbonyl (C=O) groups excluding carboxylic acids is 1. The summed E-state index contributed by atoms with van der Waals surface area (Å²) in [5, 5.41) is 13.4. The summed E-state index contributed by atoms with van der Waals surface area (Å²) in [5.41, 5.74) is 4.01. The number of hydrogen-bond acceptors (Lipinski definition) is 3. The Kier molecular flexibility index (Phi) is 5.99. The third-order valence-electron chi connectivity index (χ3n) is 5.57. The molecule has 1 N–H and O–H groups in total. The third-order valence-corrected chi connectivity index (χ3v) is 5.57. The lowest BCUT2D eigenvalue weighted by atomic mass is 9.82. The highest BCUT2D eigenvalue weighted by atomic mass is 16.5. The molecule has 0 aromatic heterocycles. The number of aliphatic hydroxyl groups excluding tert-OH is 1. The van der Waals surface area contributed by atoms with Crippen molar-refractivity contribution in [2.45, 2.75) is 32.6 Å². The van der Waals surface area contributed by atoms with Crippen molar-refractivity contribution in [2.75, 3.05) is 6.61 Å². The second-order valence-electron chi connectivity index (χ2n) is 7.50. The molecule has 152 valence electrons. The number of aliphatic hydroxyl groups is 1. The number of rotatable bonds is 4. The largest absolute Gasteiger partial charge is 0.512 e. The van der Waals surface area contributed by atoms with Gasteiger partial charge in [0.05, 0.1) is 6.61 Å². The summed E-state index contributed by atoms with van der Waals surface area (Å²) in [4.78, 5) is 13.0. The molecule has 0 saturated heterocycles. The van der Waals surface area contributed by atoms with Gasteiger partial charge in [-0.05, 0) is 48.1 Å². The molecule has 1 aliphatic carbocycles. The molecule has 0 aliphatic heterocycles. The first-order valence-electron chi connectivity index (χ1n) is 10.6. The first-order chi connectivity index (χ1) is 14.7. The molecule has 0 bridgehead atoms. The predicted octanol–water partition coefficient (Wildman–Crippen LogP) is 6.70. The standard InChI is InChI=1S/C27H26O3/c1-2-30-27(29)23-16-8-9-18-24(28)26(25(23)20-12-4-3-5-13-20)22-17-10-14-19-11-6-7-15-21(19)22/h3-7,10-15,17,28H,2,8-9,16,18H2,1H3/b25-23+,26-24+. The quantitative estimate of drug-likeness (QED) is 0.497. The summed E-state index contributed by atoms with van der Waals surface area (Å²) in [6, 6.07) is 24.1. The van der Waals surface area contributed by atoms with Crippen LogP contribution in [-0.2, 0) is 9.53 Å². The van der Waals surface area contributed by atoms with E-state index in [-0.39, 0.29) is 5.97 Å². The zero-order chi connectivity index (χ0) is 20.9. The van der Waals surface area contributed by atoms with Gasteiger partial charge in [-0.15, -0.1) is 0 Å². The van der Waals surface area contributed by atoms with Gasteiger partial charge in [-0.1, -0.05) is 72.8 Å². The second kappa shape index (κ2) is 9.00. The van der Waals surface area contributed by atoms with Crippen LogP contribution in [0.3, 0.4) is 0 Å². The minimum absolute atomic E-state index is 0.302. The van der Waals surface area contributed by atoms with Crippen molar-refractivity contribution in [1.29, 1.82) is 0 Å². The Morgan fingerprint density at radius 2 is 1.57 bits per heavy atom. The molecular weight excluding hydrogens is 372 g/mol. The molecular formula is C27H26O3. The minimum atomic E-state index is -0.302. The number of esters is 1. The third kappa shape index (κ3) is 3.88. The van der Waals surface area contributed by atoms with Crippen LogP contribution in [0.5, 0.6) is 0 Å². The molecule has 0 atom stereocenters. The highest BCUT2D eigenvalue weighted by Crippen LogP contribution is 2.42. The van der Waals surface area contributed by atoms with Gasteiger partial charge in [0.25, 0.3) is 0 Å². The molecule has 0 radical (unpaired) electrons. The van der Waals surface area contributed by atoms with E-state index in [2.05, 4.69) is 18.2 Å². The van der Waals surface area contributed by atoms with Gasteiger partial charge in [-0.2, -0.15) is 0 Å². The molecule has 0 unspecified atom stereocenters. The maximum atomic E-state index is 13.0. The lowest BCUT2D eigenvalue weighted by Gasteiger charge is -2.23. The summed E-state index contributed by atoms with van der Waals surface area (Å²) in [6.07, 6.45) is 2.87. The van der Waals surface area contributed by atoms with Crippen molar-refractivity contribution in [1.82, 2.24) is 0 Å². The van der Waals surface area contributed by atoms with Gasteiger partial charge in [-0.3, -0.25) is 0 Å². The topological polar surface area (TPSA) is 46.5 Å². The Labute approximate surface area is 177 Å². The van der Waals surface area contributed by atoms with Crippen molar-refractivity contribution < 1.29 is 14.6 Å². The Bertz CT molecular complexity index is 1120. The van der Waals surface area contributed by atoms with Crippen LogP contribution in [0.1, 0.15) is 43.7 Å². The molecule has 3 nitrogen and oxygen atoms in total. The van der Waals surface area contributed by atoms with Gasteiger partial charge in [0.15, 0.2) is 0 Å². The van der Waals surface area contributed by atoms with Gasteiger partial charge >= 0.3 is 5.97 Å². The van der Waals surface area contributed by atoms with Crippen LogP contribution < -0.4 is 0 Å². The van der Waals surface area contributed by atoms with Crippen LogP contribution in [0.15, 0.2) is 84.1 Å². The zero-order valence-corrected chi connectivity index (χ0v) is 17.2. The molecule has 0 heterocycles. The lowest BCUT2D eigenvalue weighted by Crippen LogP contribution is -2.13. The monoisotopic (exact) mass is 398 g/mol. The van der Waals surface area contributed by atoms with Crippen LogP contribution in [0, 0.1) is 0 Å². The van der Waals surface area contributed by atoms with Crippen molar-refractivity contribution >= 4 is 27.9 Å². The molecule has 0 amide bonds. The van der Waals surface area contributed by atoms with Gasteiger partial charge in [0.1, 0.15) is 5.76 Å². The Morgan fingerprint density at radius 3 is 2.37 bits per heavy atom. The van der Waals surface area contributed by atoms with E-state index in [1.54, 1.807) is 0 Å². The van der Waals surface area contributed by atoms with Crippen LogP contribution >= 0.6 is 0 Å². The summed E-state index contributed by atoms with van der Waals surface area (Å²) >= 11 is 0. The maximum Gasteiger partial charge on any atom is 0.334 e. The normalized spacial score (nSPS) is 19.9. The summed E-state index contributed by atoms with van der Waals surface area (Å²) < 4.78 is 5.44. The summed E-state index contributed by atoms with van der Waals surface area (Å²) in [5.74, 6) is 0.0236. The molecule has 1 aliphatic rings. The summed E-state index contributed by atoms with van der Waals surface area (Å²) in [6.45, 7) is 2.15. The Balaban J connectivity index is 2.06. The highest BCUT2D eigenvalue weighted by molar-refractivity contribution is 6.17. The van der Waals surface area contributed by atoms with E-state index < -0.39 is 0 Å². The highest BCUT2D eigenvalue weighted by Gasteiger charge is 2.26. The van der Waals surface area contributed by atoms with Gasteiger partial charge in [-0.25, -0.2) is 4.79 Å². The van der Waals surface area contributed by atoms with E-state index in [4.69, 9.17) is 4.74 Å². The second-order valence-corrected chi connectivity index (χ2v) is 7.50. The average Bonchev–Trinajstić information content (AvgIpc) is 2.77. The van der Waals surface area contributed by atoms with E-state index in [0.717, 1.165) is 45.9 Å². The van der Waals surface area contributed by atoms with Gasteiger partial charge < -0.3 is 9.84 Å². The van der Waals surface area contributed by atoms with Crippen molar-refractivity contribution in [3.05, 3.63) is 95.3 Å². The number of allylic oxidation sites excluding steroid dienone is 3. The van der Waals surface area contributed by atoms with Crippen molar-refractivity contribution in [3.63, 3.8) is 0 Å². The van der Waals surface area contributed by atoms with E-state index in [1.165, 1.54) is 0 Å². The molecule has 4 rings (SSSR count). The van der Waals surface area contributed by atoms with Crippen molar-refractivity contribution in [3.8, 4) is 0 Å². The molecule has 3 aromatic rings. The van der Waals surface area contributed by atoms with E-state index in [9.17, 15) is 9.90 Å². The minimum Gasteiger partial charge on any atom is -0.512 e. The maximum absolute atomic E-state index is 13.0. The first kappa shape index (κ1) is 20.0. The number of hydrogen-bond donors (Lipinski definition) is 1. The first-order valence-corrected chi connectivity index (χ1v) is 10.6. The fourth-order valence-corrected chi connectivity index (χ4v) is 4.22. The Morgan fingerprint density at radius 1 is 0.867 bits per heavy atom. The molecule has 0 spiro atoms. The fourth-order valence-electron chi connectivity index (χ4n) is 4.22. The molecule has 3 heteroatoms. The molecule has 30 heavy (non-hydrogen) atoms. The van der Waals surface area contributed by atoms with E-state index in [1.807, 2.05) is 61.5 Å². The number of fused-ring (bicyclic) bond motifs is 1. The van der Waals surface area contributed by atoms with Crippen LogP contribution in [-0.4, -0.2) is 17.7 Å². The smallest absolute Gasteiger partial charge is 0.334 e. The fraction of sp³-hybridized carbons (Fsp3) is 0.222. The SMILES string of the molecule is CCOC(=O)/C1=C(c2ccccc2)/C(c2cccc3ccccc23)=C(/O)CCCC1. The molecule has 0 fully saturated rings. The van der Waals surface area contributed by atoms with Crippen LogP contribution in [0.4, 0.5) is 0 Å². The van der Waals surface area contributed by atoms with Crippen LogP contribution in [0.2, 0.25) is 0 Å². The predicted molar refractivity (Wildman–Crippen MR) is 122 cm³/mol. The van der Waals surface area contributed by atoms with Gasteiger partial charge in [0.2, 0.25) is 0 Å². The molecule has 3 aromatic carbocycles. The zero-order valence-electron chi connectivity index (χ0n) is 17.2. The number of benzene rings is 3. The van der Waals surface area contributed by atoms with Crippen molar-refractivity contribution in [2.24, 2.45) is 0 Å². The molecule has 0 saturated carbocycles. The van der Waals surface area contributed by atoms with E-state index in [0.29, 0.717) is 30.8 Å². The number of ether oxygens (including phenoxy) is 1.